The van der Waals surface area contributed by atoms with Crippen molar-refractivity contribution in [1.29, 1.82) is 5.26 Å². The topological polar surface area (TPSA) is 58.8 Å². The number of aromatic nitrogens is 2. The Bertz CT molecular complexity index is 2990. The molecule has 4 nitrogen and oxygen atoms in total. The normalized spacial score (nSPS) is 12.7. The maximum absolute atomic E-state index is 9.63. The van der Waals surface area contributed by atoms with Crippen molar-refractivity contribution in [3.8, 4) is 84.9 Å². The summed E-state index contributed by atoms with van der Waals surface area (Å²) in [5.74, 6) is 2.38. The largest absolute Gasteiger partial charge is 0.457 e. The fraction of sp³-hybridized carbons (Fsp3) is 0.0185. The zero-order chi connectivity index (χ0) is 38.6. The summed E-state index contributed by atoms with van der Waals surface area (Å²) in [7, 11) is 0. The summed E-state index contributed by atoms with van der Waals surface area (Å²) >= 11 is 0. The van der Waals surface area contributed by atoms with Crippen molar-refractivity contribution < 1.29 is 4.74 Å². The minimum Gasteiger partial charge on any atom is -0.457 e. The van der Waals surface area contributed by atoms with Crippen LogP contribution in [0, 0.1) is 11.3 Å². The van der Waals surface area contributed by atoms with Crippen molar-refractivity contribution >= 4 is 0 Å². The SMILES string of the molecule is N#Cc1ccc(-c2cccc3c2-c2cc(-c4cccc(-c5nc(-c6ccccc6)cc(-c6ccccc6)n5)c4)ccc2C32c3ccccc3Oc3ccccc32)cc1. The van der Waals surface area contributed by atoms with E-state index >= 15 is 0 Å². The predicted octanol–water partition coefficient (Wildman–Crippen LogP) is 13.2. The minimum atomic E-state index is -0.612. The second kappa shape index (κ2) is 13.4. The molecule has 0 atom stereocenters. The molecule has 2 heterocycles. The number of nitriles is 1. The lowest BCUT2D eigenvalue weighted by Crippen LogP contribution is -2.32. The van der Waals surface area contributed by atoms with Gasteiger partial charge in [-0.2, -0.15) is 5.26 Å². The number of hydrogen-bond acceptors (Lipinski definition) is 4. The molecule has 1 aliphatic carbocycles. The van der Waals surface area contributed by atoms with Crippen molar-refractivity contribution in [2.45, 2.75) is 5.41 Å². The van der Waals surface area contributed by atoms with Crippen LogP contribution in [0.3, 0.4) is 0 Å². The summed E-state index contributed by atoms with van der Waals surface area (Å²) < 4.78 is 6.61. The van der Waals surface area contributed by atoms with Crippen LogP contribution in [0.1, 0.15) is 27.8 Å². The lowest BCUT2D eigenvalue weighted by atomic mass is 9.66. The smallest absolute Gasteiger partial charge is 0.160 e. The lowest BCUT2D eigenvalue weighted by Gasteiger charge is -2.39. The Kier molecular flexibility index (Phi) is 7.74. The first-order chi connectivity index (χ1) is 28.7. The molecule has 2 aliphatic rings. The van der Waals surface area contributed by atoms with Crippen molar-refractivity contribution in [1.82, 2.24) is 9.97 Å². The van der Waals surface area contributed by atoms with E-state index < -0.39 is 5.41 Å². The Labute approximate surface area is 337 Å². The molecule has 1 spiro atoms. The van der Waals surface area contributed by atoms with E-state index in [0.717, 1.165) is 78.5 Å². The highest BCUT2D eigenvalue weighted by atomic mass is 16.5. The quantitative estimate of drug-likeness (QED) is 0.176. The van der Waals surface area contributed by atoms with Gasteiger partial charge in [0.05, 0.1) is 28.4 Å². The van der Waals surface area contributed by atoms with Crippen LogP contribution in [0.5, 0.6) is 11.5 Å². The molecule has 4 heteroatoms. The van der Waals surface area contributed by atoms with Crippen molar-refractivity contribution in [2.24, 2.45) is 0 Å². The van der Waals surface area contributed by atoms with Crippen LogP contribution >= 0.6 is 0 Å². The summed E-state index contributed by atoms with van der Waals surface area (Å²) in [6, 6.07) is 71.9. The van der Waals surface area contributed by atoms with Gasteiger partial charge in [0.15, 0.2) is 5.82 Å². The van der Waals surface area contributed by atoms with Crippen molar-refractivity contribution in [2.75, 3.05) is 0 Å². The maximum Gasteiger partial charge on any atom is 0.160 e. The monoisotopic (exact) mass is 739 g/mol. The molecule has 0 bridgehead atoms. The molecule has 0 amide bonds. The van der Waals surface area contributed by atoms with E-state index in [2.05, 4.69) is 146 Å². The Morgan fingerprint density at radius 2 is 0.931 bits per heavy atom. The molecule has 9 aromatic rings. The summed E-state index contributed by atoms with van der Waals surface area (Å²) in [5.41, 5.74) is 16.1. The van der Waals surface area contributed by atoms with Gasteiger partial charge in [0.2, 0.25) is 0 Å². The minimum absolute atomic E-state index is 0.612. The molecule has 0 unspecified atom stereocenters. The van der Waals surface area contributed by atoms with E-state index in [1.807, 2.05) is 60.7 Å². The second-order valence-electron chi connectivity index (χ2n) is 14.8. The fourth-order valence-corrected chi connectivity index (χ4v) is 9.03. The molecule has 1 aliphatic heterocycles. The first-order valence-electron chi connectivity index (χ1n) is 19.5. The van der Waals surface area contributed by atoms with Crippen molar-refractivity contribution in [3.63, 3.8) is 0 Å². The lowest BCUT2D eigenvalue weighted by molar-refractivity contribution is 0.436. The second-order valence-corrected chi connectivity index (χ2v) is 14.8. The number of fused-ring (bicyclic) bond motifs is 9. The number of nitrogens with zero attached hydrogens (tertiary/aromatic N) is 3. The summed E-state index contributed by atoms with van der Waals surface area (Å²) in [6.07, 6.45) is 0. The third-order valence-electron chi connectivity index (χ3n) is 11.6. The maximum atomic E-state index is 9.63. The van der Waals surface area contributed by atoms with Crippen LogP contribution in [0.2, 0.25) is 0 Å². The third kappa shape index (κ3) is 5.22. The van der Waals surface area contributed by atoms with Gasteiger partial charge in [-0.25, -0.2) is 9.97 Å². The highest BCUT2D eigenvalue weighted by molar-refractivity contribution is 5.98. The van der Waals surface area contributed by atoms with E-state index in [-0.39, 0.29) is 0 Å². The van der Waals surface area contributed by atoms with E-state index in [4.69, 9.17) is 14.7 Å². The average molecular weight is 740 g/mol. The molecule has 11 rings (SSSR count). The molecular weight excluding hydrogens is 707 g/mol. The predicted molar refractivity (Wildman–Crippen MR) is 231 cm³/mol. The Hall–Kier alpha value is -7.87. The summed E-state index contributed by atoms with van der Waals surface area (Å²) in [4.78, 5) is 10.3. The number of hydrogen-bond donors (Lipinski definition) is 0. The standard InChI is InChI=1S/C54H33N3O/c55-34-35-25-27-36(28-26-35)42-19-12-22-47-52(42)43-32-40(29-30-44(43)54(47)45-20-7-9-23-50(45)58-51-24-10-8-21-46(51)54)39-17-11-18-41(31-39)53-56-48(37-13-3-1-4-14-37)33-49(57-53)38-15-5-2-6-16-38/h1-33H. The van der Waals surface area contributed by atoms with E-state index in [0.29, 0.717) is 11.4 Å². The van der Waals surface area contributed by atoms with Crippen LogP contribution in [0.15, 0.2) is 200 Å². The first-order valence-corrected chi connectivity index (χ1v) is 19.5. The summed E-state index contributed by atoms with van der Waals surface area (Å²) in [6.45, 7) is 0. The highest BCUT2D eigenvalue weighted by Gasteiger charge is 2.51. The van der Waals surface area contributed by atoms with Crippen molar-refractivity contribution in [3.05, 3.63) is 228 Å². The molecular formula is C54H33N3O. The van der Waals surface area contributed by atoms with Gasteiger partial charge in [-0.1, -0.05) is 158 Å². The van der Waals surface area contributed by atoms with E-state index in [1.165, 1.54) is 16.7 Å². The Balaban J connectivity index is 1.12. The molecule has 0 fully saturated rings. The van der Waals surface area contributed by atoms with Gasteiger partial charge in [0.25, 0.3) is 0 Å². The molecule has 270 valence electrons. The molecule has 1 aromatic heterocycles. The average Bonchev–Trinajstić information content (AvgIpc) is 3.59. The highest BCUT2D eigenvalue weighted by Crippen LogP contribution is 2.63. The fourth-order valence-electron chi connectivity index (χ4n) is 9.03. The molecule has 58 heavy (non-hydrogen) atoms. The number of ether oxygens (including phenoxy) is 1. The van der Waals surface area contributed by atoms with Crippen LogP contribution in [-0.2, 0) is 5.41 Å². The third-order valence-corrected chi connectivity index (χ3v) is 11.6. The zero-order valence-electron chi connectivity index (χ0n) is 31.3. The molecule has 0 N–H and O–H groups in total. The van der Waals surface area contributed by atoms with Crippen LogP contribution in [0.25, 0.3) is 67.3 Å². The van der Waals surface area contributed by atoms with Gasteiger partial charge in [-0.15, -0.1) is 0 Å². The van der Waals surface area contributed by atoms with Gasteiger partial charge in [-0.3, -0.25) is 0 Å². The van der Waals surface area contributed by atoms with Gasteiger partial charge in [0, 0.05) is 27.8 Å². The molecule has 0 saturated carbocycles. The number of para-hydroxylation sites is 2. The van der Waals surface area contributed by atoms with Gasteiger partial charge in [0.1, 0.15) is 11.5 Å². The molecule has 0 saturated heterocycles. The molecule has 8 aromatic carbocycles. The van der Waals surface area contributed by atoms with E-state index in [9.17, 15) is 5.26 Å². The van der Waals surface area contributed by atoms with Crippen LogP contribution in [0.4, 0.5) is 0 Å². The van der Waals surface area contributed by atoms with Crippen LogP contribution in [-0.4, -0.2) is 9.97 Å². The first kappa shape index (κ1) is 33.5. The Morgan fingerprint density at radius 1 is 0.397 bits per heavy atom. The van der Waals surface area contributed by atoms with E-state index in [1.54, 1.807) is 0 Å². The number of benzene rings is 8. The van der Waals surface area contributed by atoms with Crippen LogP contribution < -0.4 is 4.74 Å². The Morgan fingerprint density at radius 3 is 1.59 bits per heavy atom. The zero-order valence-corrected chi connectivity index (χ0v) is 31.3. The molecule has 0 radical (unpaired) electrons. The number of rotatable bonds is 5. The summed E-state index contributed by atoms with van der Waals surface area (Å²) in [5, 5.41) is 9.63. The van der Waals surface area contributed by atoms with Gasteiger partial charge < -0.3 is 4.74 Å². The van der Waals surface area contributed by atoms with Gasteiger partial charge >= 0.3 is 0 Å². The van der Waals surface area contributed by atoms with Gasteiger partial charge in [-0.05, 0) is 87.0 Å².